The van der Waals surface area contributed by atoms with Gasteiger partial charge in [0.15, 0.2) is 5.69 Å². The molecule has 0 unspecified atom stereocenters. The van der Waals surface area contributed by atoms with Crippen molar-refractivity contribution in [2.24, 2.45) is 0 Å². The van der Waals surface area contributed by atoms with E-state index < -0.39 is 0 Å². The van der Waals surface area contributed by atoms with E-state index in [0.717, 1.165) is 16.8 Å². The van der Waals surface area contributed by atoms with Crippen LogP contribution in [-0.4, -0.2) is 15.5 Å². The van der Waals surface area contributed by atoms with Crippen LogP contribution in [-0.2, 0) is 24.4 Å². The molecule has 0 saturated carbocycles. The molecule has 1 aromatic heterocycles. The number of nitrogens with one attached hydrogen (secondary N) is 1. The van der Waals surface area contributed by atoms with Crippen LogP contribution in [0.15, 0.2) is 67.0 Å². The van der Waals surface area contributed by atoms with E-state index in [-0.39, 0.29) is 12.0 Å². The highest BCUT2D eigenvalue weighted by molar-refractivity contribution is 5.93. The van der Waals surface area contributed by atoms with E-state index in [2.05, 4.69) is 22.4 Å². The lowest BCUT2D eigenvalue weighted by Crippen LogP contribution is -2.27. The quantitative estimate of drug-likeness (QED) is 0.798. The van der Waals surface area contributed by atoms with Crippen LogP contribution in [0.25, 0.3) is 0 Å². The zero-order valence-electron chi connectivity index (χ0n) is 13.8. The summed E-state index contributed by atoms with van der Waals surface area (Å²) >= 11 is 0. The van der Waals surface area contributed by atoms with Crippen molar-refractivity contribution in [1.29, 1.82) is 0 Å². The molecule has 1 aliphatic heterocycles. The molecule has 2 heterocycles. The maximum absolute atomic E-state index is 12.5. The highest BCUT2D eigenvalue weighted by Crippen LogP contribution is 2.27. The van der Waals surface area contributed by atoms with E-state index in [1.165, 1.54) is 0 Å². The van der Waals surface area contributed by atoms with E-state index in [1.807, 2.05) is 53.1 Å². The largest absolute Gasteiger partial charge is 0.365 e. The van der Waals surface area contributed by atoms with Gasteiger partial charge in [-0.15, -0.1) is 0 Å². The monoisotopic (exact) mass is 333 g/mol. The van der Waals surface area contributed by atoms with Crippen LogP contribution >= 0.6 is 0 Å². The summed E-state index contributed by atoms with van der Waals surface area (Å²) in [5.74, 6) is -0.167. The van der Waals surface area contributed by atoms with E-state index >= 15 is 0 Å². The van der Waals surface area contributed by atoms with E-state index in [4.69, 9.17) is 4.74 Å². The van der Waals surface area contributed by atoms with Crippen LogP contribution in [0.5, 0.6) is 0 Å². The van der Waals surface area contributed by atoms with Gasteiger partial charge in [0.1, 0.15) is 6.10 Å². The van der Waals surface area contributed by atoms with Crippen LogP contribution in [0, 0.1) is 0 Å². The summed E-state index contributed by atoms with van der Waals surface area (Å²) in [4.78, 5) is 16.8. The molecule has 0 saturated heterocycles. The van der Waals surface area contributed by atoms with Gasteiger partial charge < -0.3 is 14.6 Å². The van der Waals surface area contributed by atoms with Crippen molar-refractivity contribution < 1.29 is 9.53 Å². The normalized spacial score (nSPS) is 16.2. The Labute approximate surface area is 146 Å². The smallest absolute Gasteiger partial charge is 0.272 e. The first kappa shape index (κ1) is 15.6. The average Bonchev–Trinajstić information content (AvgIpc) is 3.11. The lowest BCUT2D eigenvalue weighted by Gasteiger charge is -2.25. The number of nitrogens with zero attached hydrogens (tertiary/aromatic N) is 2. The Balaban J connectivity index is 1.45. The fourth-order valence-corrected chi connectivity index (χ4v) is 3.05. The standard InChI is InChI=1S/C20H19N3O2/c24-20(21-11-15-7-3-1-4-8-15)19-17-13-25-18(12-23(17)14-22-19)16-9-5-2-6-10-16/h1-10,14,18H,11-13H2,(H,21,24)/t18-/m0/s1. The number of imidazole rings is 1. The third-order valence-corrected chi connectivity index (χ3v) is 4.41. The minimum Gasteiger partial charge on any atom is -0.365 e. The summed E-state index contributed by atoms with van der Waals surface area (Å²) in [6.07, 6.45) is 1.72. The van der Waals surface area contributed by atoms with E-state index in [0.29, 0.717) is 25.4 Å². The third kappa shape index (κ3) is 3.32. The van der Waals surface area contributed by atoms with Crippen molar-refractivity contribution in [1.82, 2.24) is 14.9 Å². The second-order valence-electron chi connectivity index (χ2n) is 6.07. The van der Waals surface area contributed by atoms with E-state index in [9.17, 15) is 4.79 Å². The Morgan fingerprint density at radius 1 is 1.12 bits per heavy atom. The van der Waals surface area contributed by atoms with Gasteiger partial charge in [0.2, 0.25) is 0 Å². The zero-order valence-corrected chi connectivity index (χ0v) is 13.8. The van der Waals surface area contributed by atoms with Crippen molar-refractivity contribution in [2.45, 2.75) is 25.8 Å². The van der Waals surface area contributed by atoms with Crippen LogP contribution in [0.3, 0.4) is 0 Å². The van der Waals surface area contributed by atoms with Gasteiger partial charge in [0, 0.05) is 6.54 Å². The molecule has 0 aliphatic carbocycles. The summed E-state index contributed by atoms with van der Waals surface area (Å²) in [6, 6.07) is 19.9. The van der Waals surface area contributed by atoms with Gasteiger partial charge in [-0.25, -0.2) is 4.98 Å². The Kier molecular flexibility index (Phi) is 4.31. The minimum absolute atomic E-state index is 0.0110. The fourth-order valence-electron chi connectivity index (χ4n) is 3.05. The number of aromatic nitrogens is 2. The molecule has 5 nitrogen and oxygen atoms in total. The fraction of sp³-hybridized carbons (Fsp3) is 0.200. The Bertz CT molecular complexity index is 859. The number of benzene rings is 2. The topological polar surface area (TPSA) is 56.2 Å². The average molecular weight is 333 g/mol. The summed E-state index contributed by atoms with van der Waals surface area (Å²) < 4.78 is 7.97. The summed E-state index contributed by atoms with van der Waals surface area (Å²) in [5, 5.41) is 2.92. The number of carbonyl (C=O) groups excluding carboxylic acids is 1. The molecule has 1 amide bonds. The highest BCUT2D eigenvalue weighted by atomic mass is 16.5. The lowest BCUT2D eigenvalue weighted by atomic mass is 10.1. The molecule has 5 heteroatoms. The molecule has 0 radical (unpaired) electrons. The second kappa shape index (κ2) is 6.91. The van der Waals surface area contributed by atoms with Crippen LogP contribution in [0.4, 0.5) is 0 Å². The highest BCUT2D eigenvalue weighted by Gasteiger charge is 2.26. The molecule has 0 fully saturated rings. The summed E-state index contributed by atoms with van der Waals surface area (Å²) in [6.45, 7) is 1.53. The zero-order chi connectivity index (χ0) is 17.1. The lowest BCUT2D eigenvalue weighted by molar-refractivity contribution is 0.00257. The molecule has 0 bridgehead atoms. The first-order valence-electron chi connectivity index (χ1n) is 8.34. The molecule has 25 heavy (non-hydrogen) atoms. The van der Waals surface area contributed by atoms with Crippen LogP contribution in [0.1, 0.15) is 33.4 Å². The number of hydrogen-bond acceptors (Lipinski definition) is 3. The first-order chi connectivity index (χ1) is 12.3. The van der Waals surface area contributed by atoms with Crippen LogP contribution in [0.2, 0.25) is 0 Å². The Morgan fingerprint density at radius 3 is 2.60 bits per heavy atom. The van der Waals surface area contributed by atoms with Crippen molar-refractivity contribution in [3.8, 4) is 0 Å². The van der Waals surface area contributed by atoms with Gasteiger partial charge >= 0.3 is 0 Å². The summed E-state index contributed by atoms with van der Waals surface area (Å²) in [7, 11) is 0. The number of amides is 1. The number of hydrogen-bond donors (Lipinski definition) is 1. The number of carbonyl (C=O) groups is 1. The number of rotatable bonds is 4. The molecule has 2 aromatic carbocycles. The molecule has 1 N–H and O–H groups in total. The molecular weight excluding hydrogens is 314 g/mol. The van der Waals surface area contributed by atoms with Crippen molar-refractivity contribution in [3.63, 3.8) is 0 Å². The molecule has 1 aliphatic rings. The third-order valence-electron chi connectivity index (χ3n) is 4.41. The van der Waals surface area contributed by atoms with Crippen molar-refractivity contribution in [3.05, 3.63) is 89.5 Å². The SMILES string of the molecule is O=C(NCc1ccccc1)c1ncn2c1CO[C@H](c1ccccc1)C2. The van der Waals surface area contributed by atoms with Gasteiger partial charge in [-0.05, 0) is 11.1 Å². The molecular formula is C20H19N3O2. The number of ether oxygens (including phenoxy) is 1. The van der Waals surface area contributed by atoms with Crippen molar-refractivity contribution >= 4 is 5.91 Å². The maximum Gasteiger partial charge on any atom is 0.272 e. The van der Waals surface area contributed by atoms with Gasteiger partial charge in [-0.1, -0.05) is 60.7 Å². The first-order valence-corrected chi connectivity index (χ1v) is 8.34. The molecule has 1 atom stereocenters. The second-order valence-corrected chi connectivity index (χ2v) is 6.07. The molecule has 4 rings (SSSR count). The maximum atomic E-state index is 12.5. The molecule has 3 aromatic rings. The van der Waals surface area contributed by atoms with E-state index in [1.54, 1.807) is 6.33 Å². The minimum atomic E-state index is -0.167. The molecule has 0 spiro atoms. The number of fused-ring (bicyclic) bond motifs is 1. The van der Waals surface area contributed by atoms with Crippen LogP contribution < -0.4 is 5.32 Å². The van der Waals surface area contributed by atoms with Gasteiger partial charge in [0.25, 0.3) is 5.91 Å². The molecule has 126 valence electrons. The predicted octanol–water partition coefficient (Wildman–Crippen LogP) is 3.08. The Morgan fingerprint density at radius 2 is 1.84 bits per heavy atom. The Hall–Kier alpha value is -2.92. The van der Waals surface area contributed by atoms with Gasteiger partial charge in [0.05, 0.1) is 25.2 Å². The van der Waals surface area contributed by atoms with Crippen molar-refractivity contribution in [2.75, 3.05) is 0 Å². The van der Waals surface area contributed by atoms with Gasteiger partial charge in [-0.3, -0.25) is 4.79 Å². The predicted molar refractivity (Wildman–Crippen MR) is 93.8 cm³/mol. The summed E-state index contributed by atoms with van der Waals surface area (Å²) in [5.41, 5.74) is 3.47. The van der Waals surface area contributed by atoms with Gasteiger partial charge in [-0.2, -0.15) is 0 Å².